The van der Waals surface area contributed by atoms with E-state index < -0.39 is 6.09 Å². The van der Waals surface area contributed by atoms with Crippen molar-refractivity contribution in [3.63, 3.8) is 0 Å². The lowest BCUT2D eigenvalue weighted by atomic mass is 9.94. The summed E-state index contributed by atoms with van der Waals surface area (Å²) in [4.78, 5) is 42.0. The summed E-state index contributed by atoms with van der Waals surface area (Å²) < 4.78 is 5.42. The molecule has 140 valence electrons. The zero-order valence-corrected chi connectivity index (χ0v) is 15.3. The lowest BCUT2D eigenvalue weighted by Gasteiger charge is -2.35. The average molecular weight is 359 g/mol. The first-order chi connectivity index (χ1) is 12.5. The highest BCUT2D eigenvalue weighted by Gasteiger charge is 2.43. The number of piperidine rings is 1. The van der Waals surface area contributed by atoms with Gasteiger partial charge in [-0.15, -0.1) is 0 Å². The van der Waals surface area contributed by atoms with Crippen molar-refractivity contribution in [2.45, 2.75) is 25.5 Å². The van der Waals surface area contributed by atoms with Crippen LogP contribution in [0.25, 0.3) is 0 Å². The molecule has 0 spiro atoms. The lowest BCUT2D eigenvalue weighted by Crippen LogP contribution is -2.51. The molecule has 1 aromatic carbocycles. The van der Waals surface area contributed by atoms with Crippen LogP contribution in [0.1, 0.15) is 18.4 Å². The van der Waals surface area contributed by atoms with Crippen molar-refractivity contribution >= 4 is 17.9 Å². The molecule has 3 saturated heterocycles. The molecule has 0 aliphatic carbocycles. The number of fused-ring (bicyclic) bond motifs is 4. The fourth-order valence-electron chi connectivity index (χ4n) is 3.50. The first-order valence-corrected chi connectivity index (χ1v) is 8.92. The van der Waals surface area contributed by atoms with Crippen LogP contribution in [0, 0.1) is 5.92 Å². The van der Waals surface area contributed by atoms with Crippen LogP contribution in [0.3, 0.4) is 0 Å². The number of carbonyl (C=O) groups is 3. The Morgan fingerprint density at radius 3 is 2.58 bits per heavy atom. The topological polar surface area (TPSA) is 70.2 Å². The number of ether oxygens (including phenoxy) is 1. The molecule has 2 bridgehead atoms. The predicted octanol–water partition coefficient (Wildman–Crippen LogP) is 1.33. The first-order valence-electron chi connectivity index (χ1n) is 8.92. The SMILES string of the molecule is CN(C)C(=O)CN1C(=O)[C@H]2CC[C@@H]1CN(C(=O)OCc1ccccc1)C2. The van der Waals surface area contributed by atoms with Crippen molar-refractivity contribution in [3.8, 4) is 0 Å². The van der Waals surface area contributed by atoms with Crippen molar-refractivity contribution in [1.82, 2.24) is 14.7 Å². The van der Waals surface area contributed by atoms with Crippen molar-refractivity contribution in [3.05, 3.63) is 35.9 Å². The van der Waals surface area contributed by atoms with Gasteiger partial charge < -0.3 is 19.4 Å². The minimum Gasteiger partial charge on any atom is -0.445 e. The Morgan fingerprint density at radius 1 is 1.15 bits per heavy atom. The molecule has 7 heteroatoms. The van der Waals surface area contributed by atoms with Gasteiger partial charge >= 0.3 is 6.09 Å². The summed E-state index contributed by atoms with van der Waals surface area (Å²) >= 11 is 0. The molecule has 3 amide bonds. The van der Waals surface area contributed by atoms with Crippen LogP contribution in [0.4, 0.5) is 4.79 Å². The van der Waals surface area contributed by atoms with E-state index in [1.807, 2.05) is 30.3 Å². The van der Waals surface area contributed by atoms with E-state index in [1.54, 1.807) is 23.9 Å². The molecule has 4 rings (SSSR count). The summed E-state index contributed by atoms with van der Waals surface area (Å²) in [6.07, 6.45) is 1.15. The van der Waals surface area contributed by atoms with Gasteiger partial charge in [-0.25, -0.2) is 4.79 Å². The van der Waals surface area contributed by atoms with Crippen molar-refractivity contribution in [2.75, 3.05) is 33.7 Å². The molecular weight excluding hydrogens is 334 g/mol. The summed E-state index contributed by atoms with van der Waals surface area (Å²) in [5.41, 5.74) is 0.924. The van der Waals surface area contributed by atoms with E-state index in [0.29, 0.717) is 13.1 Å². The van der Waals surface area contributed by atoms with Crippen LogP contribution in [-0.2, 0) is 20.9 Å². The van der Waals surface area contributed by atoms with Gasteiger partial charge in [-0.05, 0) is 18.4 Å². The highest BCUT2D eigenvalue weighted by atomic mass is 16.6. The monoisotopic (exact) mass is 359 g/mol. The van der Waals surface area contributed by atoms with Gasteiger partial charge in [0.15, 0.2) is 0 Å². The van der Waals surface area contributed by atoms with Crippen molar-refractivity contribution in [1.29, 1.82) is 0 Å². The molecule has 0 radical (unpaired) electrons. The molecule has 3 fully saturated rings. The second-order valence-electron chi connectivity index (χ2n) is 7.13. The minimum atomic E-state index is -0.403. The molecular formula is C19H25N3O4. The molecule has 0 N–H and O–H groups in total. The Kier molecular flexibility index (Phi) is 5.44. The molecule has 26 heavy (non-hydrogen) atoms. The van der Waals surface area contributed by atoms with E-state index >= 15 is 0 Å². The Bertz CT molecular complexity index is 677. The molecule has 1 aromatic rings. The van der Waals surface area contributed by atoms with E-state index in [4.69, 9.17) is 4.74 Å². The maximum Gasteiger partial charge on any atom is 0.410 e. The third-order valence-corrected chi connectivity index (χ3v) is 5.06. The molecule has 3 aliphatic heterocycles. The maximum atomic E-state index is 12.7. The second-order valence-corrected chi connectivity index (χ2v) is 7.13. The van der Waals surface area contributed by atoms with Crippen LogP contribution in [0.2, 0.25) is 0 Å². The van der Waals surface area contributed by atoms with E-state index in [0.717, 1.165) is 18.4 Å². The number of hydrogen-bond acceptors (Lipinski definition) is 4. The number of hydrogen-bond donors (Lipinski definition) is 0. The van der Waals surface area contributed by atoms with Gasteiger partial charge in [-0.2, -0.15) is 0 Å². The Morgan fingerprint density at radius 2 is 1.88 bits per heavy atom. The van der Waals surface area contributed by atoms with E-state index in [2.05, 4.69) is 0 Å². The molecule has 7 nitrogen and oxygen atoms in total. The smallest absolute Gasteiger partial charge is 0.410 e. The summed E-state index contributed by atoms with van der Waals surface area (Å²) in [7, 11) is 3.35. The van der Waals surface area contributed by atoms with Gasteiger partial charge in [0.05, 0.1) is 12.0 Å². The maximum absolute atomic E-state index is 12.7. The highest BCUT2D eigenvalue weighted by Crippen LogP contribution is 2.29. The average Bonchev–Trinajstić information content (AvgIpc) is 2.93. The van der Waals surface area contributed by atoms with Gasteiger partial charge in [-0.3, -0.25) is 9.59 Å². The summed E-state index contributed by atoms with van der Waals surface area (Å²) in [5, 5.41) is 0. The van der Waals surface area contributed by atoms with E-state index in [1.165, 1.54) is 4.90 Å². The number of nitrogens with zero attached hydrogens (tertiary/aromatic N) is 3. The van der Waals surface area contributed by atoms with Crippen molar-refractivity contribution < 1.29 is 19.1 Å². The van der Waals surface area contributed by atoms with E-state index in [-0.39, 0.29) is 36.9 Å². The van der Waals surface area contributed by atoms with Gasteiger partial charge in [0, 0.05) is 27.2 Å². The number of likely N-dealkylation sites (N-methyl/N-ethyl adjacent to an activating group) is 1. The van der Waals surface area contributed by atoms with Gasteiger partial charge in [0.2, 0.25) is 11.8 Å². The second kappa shape index (κ2) is 7.76. The third kappa shape index (κ3) is 3.98. The molecule has 3 aliphatic rings. The Balaban J connectivity index is 1.64. The zero-order valence-electron chi connectivity index (χ0n) is 15.3. The fraction of sp³-hybridized carbons (Fsp3) is 0.526. The fourth-order valence-corrected chi connectivity index (χ4v) is 3.50. The van der Waals surface area contributed by atoms with E-state index in [9.17, 15) is 14.4 Å². The Labute approximate surface area is 153 Å². The van der Waals surface area contributed by atoms with Crippen LogP contribution < -0.4 is 0 Å². The van der Waals surface area contributed by atoms with Gasteiger partial charge in [-0.1, -0.05) is 30.3 Å². The number of carbonyl (C=O) groups excluding carboxylic acids is 3. The number of benzene rings is 1. The third-order valence-electron chi connectivity index (χ3n) is 5.06. The largest absolute Gasteiger partial charge is 0.445 e. The van der Waals surface area contributed by atoms with Crippen molar-refractivity contribution in [2.24, 2.45) is 5.92 Å². The highest BCUT2D eigenvalue weighted by molar-refractivity contribution is 5.87. The molecule has 0 unspecified atom stereocenters. The molecule has 0 saturated carbocycles. The number of rotatable bonds is 4. The zero-order chi connectivity index (χ0) is 18.7. The van der Waals surface area contributed by atoms with Crippen LogP contribution in [-0.4, -0.2) is 72.4 Å². The Hall–Kier alpha value is -2.57. The van der Waals surface area contributed by atoms with Gasteiger partial charge in [0.1, 0.15) is 13.2 Å². The normalized spacial score (nSPS) is 22.2. The quantitative estimate of drug-likeness (QED) is 0.813. The molecule has 3 heterocycles. The summed E-state index contributed by atoms with van der Waals surface area (Å²) in [6.45, 7) is 1.05. The predicted molar refractivity (Wildman–Crippen MR) is 95.1 cm³/mol. The van der Waals surface area contributed by atoms with Crippen LogP contribution in [0.15, 0.2) is 30.3 Å². The molecule has 2 atom stereocenters. The van der Waals surface area contributed by atoms with Crippen LogP contribution >= 0.6 is 0 Å². The standard InChI is InChI=1S/C19H25N3O4/c1-20(2)17(23)12-22-16-9-8-15(18(22)24)10-21(11-16)19(25)26-13-14-6-4-3-5-7-14/h3-7,15-16H,8-13H2,1-2H3/t15-,16+/m0/s1. The lowest BCUT2D eigenvalue weighted by molar-refractivity contribution is -0.145. The summed E-state index contributed by atoms with van der Waals surface area (Å²) in [6, 6.07) is 9.37. The first kappa shape index (κ1) is 18.2. The number of amides is 3. The molecule has 0 aromatic heterocycles. The van der Waals surface area contributed by atoms with Gasteiger partial charge in [0.25, 0.3) is 0 Å². The minimum absolute atomic E-state index is 0.0326. The summed E-state index contributed by atoms with van der Waals surface area (Å²) in [5.74, 6) is -0.396. The van der Waals surface area contributed by atoms with Crippen LogP contribution in [0.5, 0.6) is 0 Å².